The van der Waals surface area contributed by atoms with Crippen molar-refractivity contribution >= 4 is 5.97 Å². The van der Waals surface area contributed by atoms with Crippen LogP contribution in [0.4, 0.5) is 0 Å². The molecule has 0 bridgehead atoms. The van der Waals surface area contributed by atoms with E-state index in [0.717, 1.165) is 0 Å². The number of ether oxygens (including phenoxy) is 1. The Kier molecular flexibility index (Phi) is 2.36. The number of esters is 1. The predicted octanol–water partition coefficient (Wildman–Crippen LogP) is -0.156. The number of carbonyl (C=O) groups excluding carboxylic acids is 1. The Labute approximate surface area is 84.8 Å². The van der Waals surface area contributed by atoms with Gasteiger partial charge in [-0.3, -0.25) is 4.98 Å². The lowest BCUT2D eigenvalue weighted by atomic mass is 10.6. The molecule has 0 atom stereocenters. The molecular weight excluding hydrogens is 198 g/mol. The number of carbonyl (C=O) groups is 1. The standard InChI is InChI=1S/C8H7N5O2/c1-15-8(14)7-11-5-13(12-7)6-4-9-2-3-10-6/h2-5H,1H3. The van der Waals surface area contributed by atoms with Gasteiger partial charge in [0.25, 0.3) is 5.82 Å². The van der Waals surface area contributed by atoms with Crippen molar-refractivity contribution in [3.63, 3.8) is 0 Å². The molecule has 0 aliphatic rings. The summed E-state index contributed by atoms with van der Waals surface area (Å²) < 4.78 is 5.82. The summed E-state index contributed by atoms with van der Waals surface area (Å²) in [5, 5.41) is 3.88. The maximum absolute atomic E-state index is 11.1. The fourth-order valence-electron chi connectivity index (χ4n) is 0.968. The van der Waals surface area contributed by atoms with E-state index in [2.05, 4.69) is 24.8 Å². The van der Waals surface area contributed by atoms with Gasteiger partial charge in [0, 0.05) is 12.4 Å². The van der Waals surface area contributed by atoms with Gasteiger partial charge in [-0.05, 0) is 0 Å². The number of hydrogen-bond donors (Lipinski definition) is 0. The van der Waals surface area contributed by atoms with E-state index >= 15 is 0 Å². The summed E-state index contributed by atoms with van der Waals surface area (Å²) in [6.45, 7) is 0. The fourth-order valence-corrected chi connectivity index (χ4v) is 0.968. The fraction of sp³-hybridized carbons (Fsp3) is 0.125. The molecule has 0 fully saturated rings. The molecular formula is C8H7N5O2. The zero-order valence-corrected chi connectivity index (χ0v) is 7.86. The van der Waals surface area contributed by atoms with Crippen LogP contribution >= 0.6 is 0 Å². The van der Waals surface area contributed by atoms with Crippen molar-refractivity contribution in [1.29, 1.82) is 0 Å². The molecule has 0 radical (unpaired) electrons. The summed E-state index contributed by atoms with van der Waals surface area (Å²) >= 11 is 0. The Hall–Kier alpha value is -2.31. The van der Waals surface area contributed by atoms with Crippen LogP contribution in [0.25, 0.3) is 5.82 Å². The van der Waals surface area contributed by atoms with Crippen LogP contribution in [-0.2, 0) is 4.74 Å². The SMILES string of the molecule is COC(=O)c1ncn(-c2cnccn2)n1. The summed E-state index contributed by atoms with van der Waals surface area (Å²) in [6.07, 6.45) is 5.95. The van der Waals surface area contributed by atoms with Crippen molar-refractivity contribution < 1.29 is 9.53 Å². The second kappa shape index (κ2) is 3.82. The molecule has 2 aromatic rings. The van der Waals surface area contributed by atoms with Gasteiger partial charge in [-0.15, -0.1) is 5.10 Å². The lowest BCUT2D eigenvalue weighted by Gasteiger charge is -1.95. The Morgan fingerprint density at radius 2 is 2.27 bits per heavy atom. The van der Waals surface area contributed by atoms with E-state index in [0.29, 0.717) is 5.82 Å². The van der Waals surface area contributed by atoms with E-state index in [1.54, 1.807) is 6.20 Å². The molecule has 0 unspecified atom stereocenters. The second-order valence-corrected chi connectivity index (χ2v) is 2.57. The van der Waals surface area contributed by atoms with Crippen LogP contribution in [0.2, 0.25) is 0 Å². The van der Waals surface area contributed by atoms with Crippen LogP contribution in [-0.4, -0.2) is 37.8 Å². The van der Waals surface area contributed by atoms with Crippen LogP contribution in [0, 0.1) is 0 Å². The third kappa shape index (κ3) is 1.80. The molecule has 7 nitrogen and oxygen atoms in total. The second-order valence-electron chi connectivity index (χ2n) is 2.57. The quantitative estimate of drug-likeness (QED) is 0.634. The van der Waals surface area contributed by atoms with Crippen LogP contribution in [0.1, 0.15) is 10.6 Å². The van der Waals surface area contributed by atoms with Crippen molar-refractivity contribution in [2.24, 2.45) is 0 Å². The Bertz CT molecular complexity index is 467. The molecule has 15 heavy (non-hydrogen) atoms. The zero-order chi connectivity index (χ0) is 10.7. The zero-order valence-electron chi connectivity index (χ0n) is 7.86. The first-order chi connectivity index (χ1) is 7.31. The molecule has 0 saturated heterocycles. The molecule has 0 aliphatic heterocycles. The molecule has 2 heterocycles. The summed E-state index contributed by atoms with van der Waals surface area (Å²) in [5.74, 6) is -0.110. The van der Waals surface area contributed by atoms with Crippen LogP contribution < -0.4 is 0 Å². The van der Waals surface area contributed by atoms with Gasteiger partial charge in [0.1, 0.15) is 6.33 Å². The number of methoxy groups -OCH3 is 1. The summed E-state index contributed by atoms with van der Waals surface area (Å²) in [4.78, 5) is 22.7. The van der Waals surface area contributed by atoms with Gasteiger partial charge < -0.3 is 4.74 Å². The van der Waals surface area contributed by atoms with Gasteiger partial charge in [0.15, 0.2) is 5.82 Å². The van der Waals surface area contributed by atoms with Gasteiger partial charge in [-0.25, -0.2) is 19.4 Å². The Morgan fingerprint density at radius 3 is 2.93 bits per heavy atom. The van der Waals surface area contributed by atoms with Gasteiger partial charge in [-0.1, -0.05) is 0 Å². The van der Waals surface area contributed by atoms with Crippen molar-refractivity contribution in [1.82, 2.24) is 24.7 Å². The molecule has 7 heteroatoms. The van der Waals surface area contributed by atoms with Crippen molar-refractivity contribution in [3.05, 3.63) is 30.7 Å². The molecule has 0 spiro atoms. The molecule has 2 rings (SSSR count). The monoisotopic (exact) mass is 205 g/mol. The van der Waals surface area contributed by atoms with Gasteiger partial charge in [0.05, 0.1) is 13.3 Å². The highest BCUT2D eigenvalue weighted by molar-refractivity contribution is 5.84. The number of hydrogen-bond acceptors (Lipinski definition) is 6. The largest absolute Gasteiger partial charge is 0.463 e. The first kappa shape index (κ1) is 9.25. The highest BCUT2D eigenvalue weighted by Gasteiger charge is 2.11. The summed E-state index contributed by atoms with van der Waals surface area (Å²) in [5.41, 5.74) is 0. The highest BCUT2D eigenvalue weighted by Crippen LogP contribution is 1.99. The third-order valence-electron chi connectivity index (χ3n) is 1.64. The van der Waals surface area contributed by atoms with Gasteiger partial charge in [0.2, 0.25) is 0 Å². The third-order valence-corrected chi connectivity index (χ3v) is 1.64. The normalized spacial score (nSPS) is 9.93. The van der Waals surface area contributed by atoms with E-state index in [-0.39, 0.29) is 5.82 Å². The molecule has 0 saturated carbocycles. The molecule has 76 valence electrons. The molecule has 0 aromatic carbocycles. The molecule has 2 aromatic heterocycles. The Morgan fingerprint density at radius 1 is 1.40 bits per heavy atom. The van der Waals surface area contributed by atoms with Crippen molar-refractivity contribution in [2.45, 2.75) is 0 Å². The maximum atomic E-state index is 11.1. The predicted molar refractivity (Wildman–Crippen MR) is 48.3 cm³/mol. The lowest BCUT2D eigenvalue weighted by Crippen LogP contribution is -2.05. The Balaban J connectivity index is 2.32. The van der Waals surface area contributed by atoms with Crippen LogP contribution in [0.15, 0.2) is 24.9 Å². The minimum absolute atomic E-state index is 0.0110. The van der Waals surface area contributed by atoms with Crippen LogP contribution in [0.5, 0.6) is 0 Å². The number of rotatable bonds is 2. The lowest BCUT2D eigenvalue weighted by molar-refractivity contribution is 0.0587. The van der Waals surface area contributed by atoms with Crippen molar-refractivity contribution in [3.8, 4) is 5.82 Å². The van der Waals surface area contributed by atoms with E-state index < -0.39 is 5.97 Å². The first-order valence-corrected chi connectivity index (χ1v) is 4.07. The number of nitrogens with zero attached hydrogens (tertiary/aromatic N) is 5. The summed E-state index contributed by atoms with van der Waals surface area (Å²) in [7, 11) is 1.27. The van der Waals surface area contributed by atoms with E-state index in [1.807, 2.05) is 0 Å². The van der Waals surface area contributed by atoms with Gasteiger partial charge >= 0.3 is 5.97 Å². The molecule has 0 aliphatic carbocycles. The van der Waals surface area contributed by atoms with Gasteiger partial charge in [-0.2, -0.15) is 0 Å². The average molecular weight is 205 g/mol. The number of aromatic nitrogens is 5. The maximum Gasteiger partial charge on any atom is 0.377 e. The van der Waals surface area contributed by atoms with E-state index in [1.165, 1.54) is 30.5 Å². The molecule has 0 N–H and O–H groups in total. The van der Waals surface area contributed by atoms with Crippen molar-refractivity contribution in [2.75, 3.05) is 7.11 Å². The minimum atomic E-state index is -0.586. The minimum Gasteiger partial charge on any atom is -0.463 e. The van der Waals surface area contributed by atoms with Crippen LogP contribution in [0.3, 0.4) is 0 Å². The highest BCUT2D eigenvalue weighted by atomic mass is 16.5. The average Bonchev–Trinajstić information content (AvgIpc) is 2.78. The topological polar surface area (TPSA) is 82.8 Å². The molecule has 0 amide bonds. The van der Waals surface area contributed by atoms with E-state index in [4.69, 9.17) is 0 Å². The smallest absolute Gasteiger partial charge is 0.377 e. The van der Waals surface area contributed by atoms with E-state index in [9.17, 15) is 4.79 Å². The first-order valence-electron chi connectivity index (χ1n) is 4.07. The summed E-state index contributed by atoms with van der Waals surface area (Å²) in [6, 6.07) is 0.